The minimum Gasteiger partial charge on any atom is -0.310 e. The molecular weight excluding hydrogens is 380 g/mol. The summed E-state index contributed by atoms with van der Waals surface area (Å²) in [4.78, 5) is 17.5. The number of rotatable bonds is 4. The standard InChI is InChI=1S/C23H24N4OS/c1-13-6-7-18(15(3)8-13)12-21(28)24-20-11-17(5)26-27(20)23-25-22-16(4)9-14(2)10-19(22)29-23/h6-11H,12H2,1-5H3,(H,24,28). The second kappa shape index (κ2) is 7.44. The lowest BCUT2D eigenvalue weighted by Gasteiger charge is -2.09. The highest BCUT2D eigenvalue weighted by molar-refractivity contribution is 7.20. The number of hydrogen-bond acceptors (Lipinski definition) is 4. The van der Waals surface area contributed by atoms with Gasteiger partial charge >= 0.3 is 0 Å². The van der Waals surface area contributed by atoms with Gasteiger partial charge in [0.05, 0.1) is 22.3 Å². The minimum atomic E-state index is -0.0637. The van der Waals surface area contributed by atoms with E-state index in [9.17, 15) is 4.79 Å². The predicted molar refractivity (Wildman–Crippen MR) is 119 cm³/mol. The van der Waals surface area contributed by atoms with Gasteiger partial charge in [-0.15, -0.1) is 0 Å². The van der Waals surface area contributed by atoms with Gasteiger partial charge < -0.3 is 5.32 Å². The molecule has 0 spiro atoms. The second-order valence-corrected chi connectivity index (χ2v) is 8.67. The van der Waals surface area contributed by atoms with Crippen LogP contribution in [0.3, 0.4) is 0 Å². The molecular formula is C23H24N4OS. The highest BCUT2D eigenvalue weighted by Crippen LogP contribution is 2.30. The summed E-state index contributed by atoms with van der Waals surface area (Å²) < 4.78 is 2.85. The molecule has 5 nitrogen and oxygen atoms in total. The third-order valence-electron chi connectivity index (χ3n) is 4.95. The molecule has 4 aromatic rings. The topological polar surface area (TPSA) is 59.8 Å². The van der Waals surface area contributed by atoms with Crippen molar-refractivity contribution in [3.8, 4) is 5.13 Å². The molecule has 6 heteroatoms. The first-order valence-electron chi connectivity index (χ1n) is 9.61. The Morgan fingerprint density at radius 3 is 2.52 bits per heavy atom. The van der Waals surface area contributed by atoms with Crippen molar-refractivity contribution in [1.29, 1.82) is 0 Å². The van der Waals surface area contributed by atoms with Crippen LogP contribution in [0.5, 0.6) is 0 Å². The molecule has 4 rings (SSSR count). The average Bonchev–Trinajstić information content (AvgIpc) is 3.20. The molecule has 0 unspecified atom stereocenters. The molecule has 0 aliphatic carbocycles. The van der Waals surface area contributed by atoms with Crippen molar-refractivity contribution in [3.05, 3.63) is 69.9 Å². The quantitative estimate of drug-likeness (QED) is 0.508. The number of aromatic nitrogens is 3. The molecule has 2 aromatic heterocycles. The lowest BCUT2D eigenvalue weighted by Crippen LogP contribution is -2.17. The SMILES string of the molecule is Cc1ccc(CC(=O)Nc2cc(C)nn2-c2nc3c(C)cc(C)cc3s2)c(C)c1. The first kappa shape index (κ1) is 19.3. The van der Waals surface area contributed by atoms with Gasteiger partial charge in [-0.2, -0.15) is 9.78 Å². The summed E-state index contributed by atoms with van der Waals surface area (Å²) in [5.41, 5.74) is 7.52. The Labute approximate surface area is 174 Å². The summed E-state index contributed by atoms with van der Waals surface area (Å²) in [6, 6.07) is 12.3. The Morgan fingerprint density at radius 2 is 1.76 bits per heavy atom. The van der Waals surface area contributed by atoms with E-state index < -0.39 is 0 Å². The Hall–Kier alpha value is -2.99. The van der Waals surface area contributed by atoms with E-state index in [0.29, 0.717) is 12.2 Å². The summed E-state index contributed by atoms with van der Waals surface area (Å²) in [6.45, 7) is 10.2. The Bertz CT molecular complexity index is 1240. The maximum Gasteiger partial charge on any atom is 0.229 e. The highest BCUT2D eigenvalue weighted by atomic mass is 32.1. The zero-order valence-corrected chi connectivity index (χ0v) is 18.1. The molecule has 1 amide bonds. The van der Waals surface area contributed by atoms with Gasteiger partial charge in [0, 0.05) is 6.07 Å². The van der Waals surface area contributed by atoms with Gasteiger partial charge in [0.25, 0.3) is 0 Å². The molecule has 2 aromatic carbocycles. The van der Waals surface area contributed by atoms with Crippen LogP contribution >= 0.6 is 11.3 Å². The lowest BCUT2D eigenvalue weighted by atomic mass is 10.0. The molecule has 0 bridgehead atoms. The van der Waals surface area contributed by atoms with Crippen molar-refractivity contribution in [2.24, 2.45) is 0 Å². The van der Waals surface area contributed by atoms with Crippen LogP contribution in [0, 0.1) is 34.6 Å². The van der Waals surface area contributed by atoms with Gasteiger partial charge in [0.1, 0.15) is 5.82 Å². The van der Waals surface area contributed by atoms with Crippen LogP contribution in [-0.4, -0.2) is 20.7 Å². The number of hydrogen-bond donors (Lipinski definition) is 1. The van der Waals surface area contributed by atoms with Crippen LogP contribution in [0.2, 0.25) is 0 Å². The maximum atomic E-state index is 12.7. The minimum absolute atomic E-state index is 0.0637. The summed E-state index contributed by atoms with van der Waals surface area (Å²) in [5, 5.41) is 8.34. The molecule has 0 radical (unpaired) electrons. The molecule has 0 saturated heterocycles. The molecule has 0 saturated carbocycles. The predicted octanol–water partition coefficient (Wildman–Crippen LogP) is 5.21. The monoisotopic (exact) mass is 404 g/mol. The van der Waals surface area contributed by atoms with Crippen molar-refractivity contribution < 1.29 is 4.79 Å². The molecule has 0 atom stereocenters. The third kappa shape index (κ3) is 3.93. The lowest BCUT2D eigenvalue weighted by molar-refractivity contribution is -0.115. The number of amides is 1. The van der Waals surface area contributed by atoms with Gasteiger partial charge in [-0.3, -0.25) is 4.79 Å². The van der Waals surface area contributed by atoms with Crippen molar-refractivity contribution in [2.75, 3.05) is 5.32 Å². The molecule has 29 heavy (non-hydrogen) atoms. The summed E-state index contributed by atoms with van der Waals surface area (Å²) in [6.07, 6.45) is 0.328. The van der Waals surface area contributed by atoms with Gasteiger partial charge in [-0.25, -0.2) is 4.98 Å². The normalized spacial score (nSPS) is 11.2. The smallest absolute Gasteiger partial charge is 0.229 e. The van der Waals surface area contributed by atoms with Crippen molar-refractivity contribution in [1.82, 2.24) is 14.8 Å². The highest BCUT2D eigenvalue weighted by Gasteiger charge is 2.16. The van der Waals surface area contributed by atoms with Crippen LogP contribution < -0.4 is 5.32 Å². The Balaban J connectivity index is 1.63. The molecule has 1 N–H and O–H groups in total. The number of benzene rings is 2. The van der Waals surface area contributed by atoms with Crippen LogP contribution in [-0.2, 0) is 11.2 Å². The number of nitrogens with zero attached hydrogens (tertiary/aromatic N) is 3. The fourth-order valence-electron chi connectivity index (χ4n) is 3.59. The zero-order chi connectivity index (χ0) is 20.7. The molecule has 0 fully saturated rings. The van der Waals surface area contributed by atoms with Crippen molar-refractivity contribution in [3.63, 3.8) is 0 Å². The number of anilines is 1. The van der Waals surface area contributed by atoms with Gasteiger partial charge in [-0.1, -0.05) is 41.2 Å². The first-order valence-corrected chi connectivity index (χ1v) is 10.4. The summed E-state index contributed by atoms with van der Waals surface area (Å²) in [5.74, 6) is 0.580. The van der Waals surface area contributed by atoms with Gasteiger partial charge in [0.15, 0.2) is 0 Å². The summed E-state index contributed by atoms with van der Waals surface area (Å²) >= 11 is 1.58. The average molecular weight is 405 g/mol. The van der Waals surface area contributed by atoms with Crippen molar-refractivity contribution in [2.45, 2.75) is 41.0 Å². The fraction of sp³-hybridized carbons (Fsp3) is 0.261. The van der Waals surface area contributed by atoms with E-state index in [4.69, 9.17) is 4.98 Å². The molecule has 0 aliphatic heterocycles. The van der Waals surface area contributed by atoms with E-state index in [-0.39, 0.29) is 5.91 Å². The number of carbonyl (C=O) groups is 1. The van der Waals surface area contributed by atoms with E-state index in [2.05, 4.69) is 49.4 Å². The van der Waals surface area contributed by atoms with Crippen LogP contribution in [0.4, 0.5) is 5.82 Å². The van der Waals surface area contributed by atoms with Crippen LogP contribution in [0.25, 0.3) is 15.3 Å². The fourth-order valence-corrected chi connectivity index (χ4v) is 4.70. The molecule has 0 aliphatic rings. The van der Waals surface area contributed by atoms with E-state index in [1.807, 2.05) is 32.0 Å². The van der Waals surface area contributed by atoms with Gasteiger partial charge in [-0.05, 0) is 62.9 Å². The van der Waals surface area contributed by atoms with Crippen LogP contribution in [0.15, 0.2) is 36.4 Å². The third-order valence-corrected chi connectivity index (χ3v) is 5.93. The summed E-state index contributed by atoms with van der Waals surface area (Å²) in [7, 11) is 0. The Kier molecular flexibility index (Phi) is 4.96. The van der Waals surface area contributed by atoms with E-state index in [1.54, 1.807) is 16.0 Å². The number of nitrogens with one attached hydrogen (secondary N) is 1. The number of aryl methyl sites for hydroxylation is 5. The largest absolute Gasteiger partial charge is 0.310 e. The van der Waals surface area contributed by atoms with E-state index in [1.165, 1.54) is 11.1 Å². The molecule has 148 valence electrons. The number of thiazole rings is 1. The first-order chi connectivity index (χ1) is 13.8. The Morgan fingerprint density at radius 1 is 1.00 bits per heavy atom. The van der Waals surface area contributed by atoms with Crippen LogP contribution in [0.1, 0.15) is 33.5 Å². The number of carbonyl (C=O) groups excluding carboxylic acids is 1. The second-order valence-electron chi connectivity index (χ2n) is 7.66. The van der Waals surface area contributed by atoms with Crippen molar-refractivity contribution >= 4 is 33.3 Å². The van der Waals surface area contributed by atoms with E-state index >= 15 is 0 Å². The maximum absolute atomic E-state index is 12.7. The van der Waals surface area contributed by atoms with E-state index in [0.717, 1.165) is 37.7 Å². The molecule has 2 heterocycles. The van der Waals surface area contributed by atoms with Gasteiger partial charge in [0.2, 0.25) is 11.0 Å². The zero-order valence-electron chi connectivity index (χ0n) is 17.3. The number of fused-ring (bicyclic) bond motifs is 1.